The Labute approximate surface area is 94.0 Å². The van der Waals surface area contributed by atoms with Crippen LogP contribution in [0.2, 0.25) is 0 Å². The first-order chi connectivity index (χ1) is 7.66. The van der Waals surface area contributed by atoms with E-state index in [-0.39, 0.29) is 12.1 Å². The standard InChI is InChI=1S/C12H15N3O/c1-8(2)14-12(16)15-11-7-13-10-6-4-3-5-9(10)11/h3-8,13H,1-2H3,(H2,14,15,16). The van der Waals surface area contributed by atoms with Gasteiger partial charge < -0.3 is 15.6 Å². The number of amides is 2. The van der Waals surface area contributed by atoms with Gasteiger partial charge in [-0.05, 0) is 19.9 Å². The van der Waals surface area contributed by atoms with Gasteiger partial charge in [0, 0.05) is 23.1 Å². The van der Waals surface area contributed by atoms with Crippen molar-refractivity contribution in [1.29, 1.82) is 0 Å². The average molecular weight is 217 g/mol. The van der Waals surface area contributed by atoms with Gasteiger partial charge in [-0.1, -0.05) is 18.2 Å². The van der Waals surface area contributed by atoms with Crippen LogP contribution in [0.15, 0.2) is 30.5 Å². The summed E-state index contributed by atoms with van der Waals surface area (Å²) >= 11 is 0. The zero-order chi connectivity index (χ0) is 11.5. The minimum Gasteiger partial charge on any atom is -0.359 e. The van der Waals surface area contributed by atoms with Crippen molar-refractivity contribution in [1.82, 2.24) is 10.3 Å². The molecule has 0 spiro atoms. The van der Waals surface area contributed by atoms with Crippen LogP contribution in [0.4, 0.5) is 10.5 Å². The van der Waals surface area contributed by atoms with E-state index >= 15 is 0 Å². The van der Waals surface area contributed by atoms with E-state index in [2.05, 4.69) is 15.6 Å². The van der Waals surface area contributed by atoms with Crippen molar-refractivity contribution in [2.45, 2.75) is 19.9 Å². The van der Waals surface area contributed by atoms with E-state index in [0.29, 0.717) is 0 Å². The molecule has 4 nitrogen and oxygen atoms in total. The second-order valence-corrected chi connectivity index (χ2v) is 4.00. The van der Waals surface area contributed by atoms with Gasteiger partial charge in [0.2, 0.25) is 0 Å². The molecule has 0 saturated heterocycles. The highest BCUT2D eigenvalue weighted by Gasteiger charge is 2.07. The molecule has 16 heavy (non-hydrogen) atoms. The molecule has 1 heterocycles. The molecule has 84 valence electrons. The van der Waals surface area contributed by atoms with E-state index in [1.807, 2.05) is 38.1 Å². The Morgan fingerprint density at radius 1 is 1.31 bits per heavy atom. The van der Waals surface area contributed by atoms with Gasteiger partial charge in [0.05, 0.1) is 5.69 Å². The molecule has 1 aromatic carbocycles. The smallest absolute Gasteiger partial charge is 0.319 e. The molecule has 0 atom stereocenters. The lowest BCUT2D eigenvalue weighted by atomic mass is 10.2. The first-order valence-electron chi connectivity index (χ1n) is 5.30. The van der Waals surface area contributed by atoms with Gasteiger partial charge in [-0.2, -0.15) is 0 Å². The highest BCUT2D eigenvalue weighted by Crippen LogP contribution is 2.22. The zero-order valence-corrected chi connectivity index (χ0v) is 9.37. The maximum absolute atomic E-state index is 11.5. The molecular formula is C12H15N3O. The number of carbonyl (C=O) groups excluding carboxylic acids is 1. The second kappa shape index (κ2) is 4.26. The summed E-state index contributed by atoms with van der Waals surface area (Å²) in [4.78, 5) is 14.6. The van der Waals surface area contributed by atoms with Crippen molar-refractivity contribution in [3.63, 3.8) is 0 Å². The highest BCUT2D eigenvalue weighted by molar-refractivity contribution is 6.00. The number of H-pyrrole nitrogens is 1. The fraction of sp³-hybridized carbons (Fsp3) is 0.250. The van der Waals surface area contributed by atoms with Gasteiger partial charge in [-0.25, -0.2) is 4.79 Å². The highest BCUT2D eigenvalue weighted by atomic mass is 16.2. The monoisotopic (exact) mass is 217 g/mol. The van der Waals surface area contributed by atoms with Gasteiger partial charge in [0.1, 0.15) is 0 Å². The van der Waals surface area contributed by atoms with Crippen molar-refractivity contribution in [2.24, 2.45) is 0 Å². The quantitative estimate of drug-likeness (QED) is 0.711. The summed E-state index contributed by atoms with van der Waals surface area (Å²) in [5, 5.41) is 6.61. The lowest BCUT2D eigenvalue weighted by molar-refractivity contribution is 0.250. The van der Waals surface area contributed by atoms with E-state index in [1.165, 1.54) is 0 Å². The molecule has 4 heteroatoms. The molecule has 1 aromatic heterocycles. The van der Waals surface area contributed by atoms with Crippen LogP contribution in [0.3, 0.4) is 0 Å². The third-order valence-electron chi connectivity index (χ3n) is 2.26. The van der Waals surface area contributed by atoms with Crippen LogP contribution < -0.4 is 10.6 Å². The van der Waals surface area contributed by atoms with Crippen molar-refractivity contribution < 1.29 is 4.79 Å². The molecule has 0 unspecified atom stereocenters. The number of hydrogen-bond acceptors (Lipinski definition) is 1. The topological polar surface area (TPSA) is 56.9 Å². The minimum atomic E-state index is -0.181. The Bertz CT molecular complexity index is 502. The Hall–Kier alpha value is -1.97. The van der Waals surface area contributed by atoms with Gasteiger partial charge >= 0.3 is 6.03 Å². The predicted octanol–water partition coefficient (Wildman–Crippen LogP) is 2.70. The number of urea groups is 1. The summed E-state index contributed by atoms with van der Waals surface area (Å²) < 4.78 is 0. The van der Waals surface area contributed by atoms with Crippen LogP contribution in [-0.4, -0.2) is 17.1 Å². The summed E-state index contributed by atoms with van der Waals surface area (Å²) in [7, 11) is 0. The molecule has 0 aliphatic heterocycles. The first-order valence-corrected chi connectivity index (χ1v) is 5.30. The normalized spacial score (nSPS) is 10.7. The summed E-state index contributed by atoms with van der Waals surface area (Å²) in [6.45, 7) is 3.85. The van der Waals surface area contributed by atoms with Crippen LogP contribution >= 0.6 is 0 Å². The van der Waals surface area contributed by atoms with Crippen molar-refractivity contribution in [3.8, 4) is 0 Å². The van der Waals surface area contributed by atoms with E-state index in [9.17, 15) is 4.79 Å². The van der Waals surface area contributed by atoms with Gasteiger partial charge in [-0.15, -0.1) is 0 Å². The SMILES string of the molecule is CC(C)NC(=O)Nc1c[nH]c2ccccc12. The Balaban J connectivity index is 2.18. The van der Waals surface area contributed by atoms with E-state index < -0.39 is 0 Å². The third kappa shape index (κ3) is 2.16. The fourth-order valence-electron chi connectivity index (χ4n) is 1.60. The minimum absolute atomic E-state index is 0.130. The van der Waals surface area contributed by atoms with Crippen molar-refractivity contribution in [3.05, 3.63) is 30.5 Å². The van der Waals surface area contributed by atoms with E-state index in [4.69, 9.17) is 0 Å². The Morgan fingerprint density at radius 2 is 2.06 bits per heavy atom. The number of nitrogens with one attached hydrogen (secondary N) is 3. The molecule has 2 amide bonds. The number of aromatic nitrogens is 1. The number of anilines is 1. The molecule has 0 saturated carbocycles. The summed E-state index contributed by atoms with van der Waals surface area (Å²) in [5.41, 5.74) is 1.82. The van der Waals surface area contributed by atoms with E-state index in [1.54, 1.807) is 6.20 Å². The lowest BCUT2D eigenvalue weighted by Gasteiger charge is -2.09. The maximum atomic E-state index is 11.5. The molecule has 0 fully saturated rings. The molecule has 0 bridgehead atoms. The van der Waals surface area contributed by atoms with Gasteiger partial charge in [0.15, 0.2) is 0 Å². The zero-order valence-electron chi connectivity index (χ0n) is 9.37. The molecular weight excluding hydrogens is 202 g/mol. The van der Waals surface area contributed by atoms with Crippen molar-refractivity contribution in [2.75, 3.05) is 5.32 Å². The van der Waals surface area contributed by atoms with Crippen LogP contribution in [0.5, 0.6) is 0 Å². The largest absolute Gasteiger partial charge is 0.359 e. The van der Waals surface area contributed by atoms with Crippen LogP contribution in [0.1, 0.15) is 13.8 Å². The number of carbonyl (C=O) groups is 1. The van der Waals surface area contributed by atoms with Crippen LogP contribution in [-0.2, 0) is 0 Å². The summed E-state index contributed by atoms with van der Waals surface area (Å²) in [5.74, 6) is 0. The lowest BCUT2D eigenvalue weighted by Crippen LogP contribution is -2.34. The predicted molar refractivity (Wildman–Crippen MR) is 65.6 cm³/mol. The van der Waals surface area contributed by atoms with Gasteiger partial charge in [-0.3, -0.25) is 0 Å². The third-order valence-corrected chi connectivity index (χ3v) is 2.26. The number of para-hydroxylation sites is 1. The molecule has 0 radical (unpaired) electrons. The second-order valence-electron chi connectivity index (χ2n) is 4.00. The number of aromatic amines is 1. The molecule has 2 rings (SSSR count). The first kappa shape index (κ1) is 10.5. The Kier molecular flexibility index (Phi) is 2.81. The number of benzene rings is 1. The Morgan fingerprint density at radius 3 is 2.81 bits per heavy atom. The number of fused-ring (bicyclic) bond motifs is 1. The van der Waals surface area contributed by atoms with Gasteiger partial charge in [0.25, 0.3) is 0 Å². The molecule has 3 N–H and O–H groups in total. The van der Waals surface area contributed by atoms with Crippen LogP contribution in [0, 0.1) is 0 Å². The van der Waals surface area contributed by atoms with Crippen LogP contribution in [0.25, 0.3) is 10.9 Å². The fourth-order valence-corrected chi connectivity index (χ4v) is 1.60. The van der Waals surface area contributed by atoms with E-state index in [0.717, 1.165) is 16.6 Å². The number of hydrogen-bond donors (Lipinski definition) is 3. The summed E-state index contributed by atoms with van der Waals surface area (Å²) in [6, 6.07) is 7.79. The molecule has 2 aromatic rings. The van der Waals surface area contributed by atoms with Crippen molar-refractivity contribution >= 4 is 22.6 Å². The average Bonchev–Trinajstić information content (AvgIpc) is 2.61. The molecule has 0 aliphatic rings. The number of rotatable bonds is 2. The molecule has 0 aliphatic carbocycles. The summed E-state index contributed by atoms with van der Waals surface area (Å²) in [6.07, 6.45) is 1.80. The maximum Gasteiger partial charge on any atom is 0.319 e.